The number of aryl methyl sites for hydroxylation is 1. The number of hydrogen-bond acceptors (Lipinski definition) is 6. The molecule has 0 fully saturated rings. The number of nitrogens with one attached hydrogen (secondary N) is 2. The molecule has 0 radical (unpaired) electrons. The van der Waals surface area contributed by atoms with Crippen molar-refractivity contribution >= 4 is 39.7 Å². The zero-order valence-corrected chi connectivity index (χ0v) is 14.8. The SMILES string of the molecule is Cn1cc(CNc2cnc3c(Nc4ccc(Cl)nc4)nccc3c2)cn1. The van der Waals surface area contributed by atoms with Crippen LogP contribution in [0.3, 0.4) is 0 Å². The summed E-state index contributed by atoms with van der Waals surface area (Å²) in [6, 6.07) is 7.55. The Hall–Kier alpha value is -3.19. The van der Waals surface area contributed by atoms with Crippen LogP contribution in [0.1, 0.15) is 5.56 Å². The normalized spacial score (nSPS) is 10.8. The van der Waals surface area contributed by atoms with E-state index in [4.69, 9.17) is 11.6 Å². The fourth-order valence-corrected chi connectivity index (χ4v) is 2.71. The minimum absolute atomic E-state index is 0.448. The predicted octanol–water partition coefficient (Wildman–Crippen LogP) is 3.77. The molecule has 4 aromatic rings. The van der Waals surface area contributed by atoms with Crippen LogP contribution in [0.2, 0.25) is 5.15 Å². The predicted molar refractivity (Wildman–Crippen MR) is 103 cm³/mol. The Morgan fingerprint density at radius 2 is 1.92 bits per heavy atom. The van der Waals surface area contributed by atoms with E-state index in [1.54, 1.807) is 29.3 Å². The average molecular weight is 366 g/mol. The lowest BCUT2D eigenvalue weighted by Gasteiger charge is -2.10. The third kappa shape index (κ3) is 3.57. The topological polar surface area (TPSA) is 80.5 Å². The van der Waals surface area contributed by atoms with Gasteiger partial charge in [0.05, 0.1) is 30.0 Å². The summed E-state index contributed by atoms with van der Waals surface area (Å²) in [7, 11) is 1.90. The second-order valence-electron chi connectivity index (χ2n) is 5.83. The maximum Gasteiger partial charge on any atom is 0.156 e. The highest BCUT2D eigenvalue weighted by Crippen LogP contribution is 2.24. The third-order valence-electron chi connectivity index (χ3n) is 3.84. The molecule has 0 aliphatic carbocycles. The monoisotopic (exact) mass is 365 g/mol. The van der Waals surface area contributed by atoms with Crippen molar-refractivity contribution in [1.82, 2.24) is 24.7 Å². The molecule has 0 bridgehead atoms. The first kappa shape index (κ1) is 16.3. The van der Waals surface area contributed by atoms with Crippen molar-refractivity contribution < 1.29 is 0 Å². The fourth-order valence-electron chi connectivity index (χ4n) is 2.60. The van der Waals surface area contributed by atoms with Gasteiger partial charge in [0.2, 0.25) is 0 Å². The van der Waals surface area contributed by atoms with Crippen LogP contribution < -0.4 is 10.6 Å². The molecule has 0 saturated heterocycles. The zero-order valence-electron chi connectivity index (χ0n) is 14.0. The maximum atomic E-state index is 5.82. The summed E-state index contributed by atoms with van der Waals surface area (Å²) >= 11 is 5.82. The van der Waals surface area contributed by atoms with E-state index in [0.717, 1.165) is 27.8 Å². The van der Waals surface area contributed by atoms with Gasteiger partial charge in [-0.25, -0.2) is 9.97 Å². The molecule has 4 aromatic heterocycles. The number of rotatable bonds is 5. The van der Waals surface area contributed by atoms with Gasteiger partial charge in [0, 0.05) is 36.9 Å². The van der Waals surface area contributed by atoms with Crippen LogP contribution in [0.4, 0.5) is 17.2 Å². The van der Waals surface area contributed by atoms with Crippen molar-refractivity contribution in [3.8, 4) is 0 Å². The Morgan fingerprint density at radius 1 is 1.04 bits per heavy atom. The minimum Gasteiger partial charge on any atom is -0.380 e. The highest BCUT2D eigenvalue weighted by atomic mass is 35.5. The average Bonchev–Trinajstić information content (AvgIpc) is 3.07. The van der Waals surface area contributed by atoms with E-state index in [2.05, 4.69) is 30.7 Å². The quantitative estimate of drug-likeness (QED) is 0.524. The van der Waals surface area contributed by atoms with Gasteiger partial charge in [0.1, 0.15) is 10.7 Å². The van der Waals surface area contributed by atoms with Gasteiger partial charge in [-0.15, -0.1) is 0 Å². The summed E-state index contributed by atoms with van der Waals surface area (Å²) < 4.78 is 1.78. The first-order chi connectivity index (χ1) is 12.7. The number of halogens is 1. The number of aromatic nitrogens is 5. The number of nitrogens with zero attached hydrogens (tertiary/aromatic N) is 5. The van der Waals surface area contributed by atoms with Gasteiger partial charge in [0.25, 0.3) is 0 Å². The van der Waals surface area contributed by atoms with Crippen LogP contribution in [0.5, 0.6) is 0 Å². The lowest BCUT2D eigenvalue weighted by atomic mass is 10.2. The van der Waals surface area contributed by atoms with Crippen molar-refractivity contribution in [2.75, 3.05) is 10.6 Å². The van der Waals surface area contributed by atoms with Crippen LogP contribution >= 0.6 is 11.6 Å². The summed E-state index contributed by atoms with van der Waals surface area (Å²) in [6.45, 7) is 0.688. The van der Waals surface area contributed by atoms with Crippen LogP contribution in [0, 0.1) is 0 Å². The van der Waals surface area contributed by atoms with Gasteiger partial charge in [-0.1, -0.05) is 11.6 Å². The Kier molecular flexibility index (Phi) is 4.37. The number of anilines is 3. The Morgan fingerprint density at radius 3 is 2.69 bits per heavy atom. The van der Waals surface area contributed by atoms with Gasteiger partial charge < -0.3 is 10.6 Å². The molecule has 8 heteroatoms. The molecule has 0 aliphatic heterocycles. The third-order valence-corrected chi connectivity index (χ3v) is 4.07. The number of pyridine rings is 3. The second-order valence-corrected chi connectivity index (χ2v) is 6.21. The molecule has 0 amide bonds. The standard InChI is InChI=1S/C18H16ClN7/c1-26-11-12(8-24-26)7-21-15-6-13-4-5-20-18(17(13)23-10-15)25-14-2-3-16(19)22-9-14/h2-6,8-11,21H,7H2,1H3,(H,20,25). The number of fused-ring (bicyclic) bond motifs is 1. The van der Waals surface area contributed by atoms with E-state index in [1.165, 1.54) is 0 Å². The van der Waals surface area contributed by atoms with E-state index < -0.39 is 0 Å². The molecule has 130 valence electrons. The molecule has 26 heavy (non-hydrogen) atoms. The van der Waals surface area contributed by atoms with E-state index in [9.17, 15) is 0 Å². The largest absolute Gasteiger partial charge is 0.380 e. The highest BCUT2D eigenvalue weighted by molar-refractivity contribution is 6.29. The fraction of sp³-hybridized carbons (Fsp3) is 0.111. The van der Waals surface area contributed by atoms with Crippen LogP contribution in [-0.4, -0.2) is 24.7 Å². The van der Waals surface area contributed by atoms with Crippen molar-refractivity contribution in [3.05, 3.63) is 66.0 Å². The molecule has 0 spiro atoms. The molecule has 0 atom stereocenters. The van der Waals surface area contributed by atoms with E-state index >= 15 is 0 Å². The lowest BCUT2D eigenvalue weighted by Crippen LogP contribution is -2.00. The van der Waals surface area contributed by atoms with Crippen molar-refractivity contribution in [2.24, 2.45) is 7.05 Å². The second kappa shape index (κ2) is 6.97. The molecule has 0 saturated carbocycles. The van der Waals surface area contributed by atoms with Gasteiger partial charge in [0.15, 0.2) is 5.82 Å². The molecule has 0 aliphatic rings. The summed E-state index contributed by atoms with van der Waals surface area (Å²) in [5.74, 6) is 0.672. The van der Waals surface area contributed by atoms with Gasteiger partial charge in [-0.05, 0) is 24.3 Å². The van der Waals surface area contributed by atoms with E-state index in [-0.39, 0.29) is 0 Å². The summed E-state index contributed by atoms with van der Waals surface area (Å²) in [5, 5.41) is 12.2. The summed E-state index contributed by atoms with van der Waals surface area (Å²) in [6.07, 6.45) is 9.03. The number of hydrogen-bond donors (Lipinski definition) is 2. The molecule has 7 nitrogen and oxygen atoms in total. The zero-order chi connectivity index (χ0) is 17.9. The Balaban J connectivity index is 1.56. The molecule has 2 N–H and O–H groups in total. The van der Waals surface area contributed by atoms with E-state index in [1.807, 2.05) is 37.6 Å². The molecule has 0 unspecified atom stereocenters. The molecule has 4 heterocycles. The summed E-state index contributed by atoms with van der Waals surface area (Å²) in [5.41, 5.74) is 3.64. The van der Waals surface area contributed by atoms with Crippen molar-refractivity contribution in [1.29, 1.82) is 0 Å². The van der Waals surface area contributed by atoms with Gasteiger partial charge >= 0.3 is 0 Å². The minimum atomic E-state index is 0.448. The molecular formula is C18H16ClN7. The lowest BCUT2D eigenvalue weighted by molar-refractivity contribution is 0.767. The molecular weight excluding hydrogens is 350 g/mol. The smallest absolute Gasteiger partial charge is 0.156 e. The first-order valence-electron chi connectivity index (χ1n) is 8.02. The maximum absolute atomic E-state index is 5.82. The first-order valence-corrected chi connectivity index (χ1v) is 8.40. The van der Waals surface area contributed by atoms with Crippen molar-refractivity contribution in [3.63, 3.8) is 0 Å². The van der Waals surface area contributed by atoms with Gasteiger partial charge in [-0.2, -0.15) is 5.10 Å². The van der Waals surface area contributed by atoms with Crippen LogP contribution in [-0.2, 0) is 13.6 Å². The van der Waals surface area contributed by atoms with Crippen LogP contribution in [0.25, 0.3) is 10.9 Å². The van der Waals surface area contributed by atoms with Crippen LogP contribution in [0.15, 0.2) is 55.2 Å². The van der Waals surface area contributed by atoms with E-state index in [0.29, 0.717) is 17.5 Å². The Labute approximate surface area is 155 Å². The Bertz CT molecular complexity index is 1040. The molecule has 0 aromatic carbocycles. The van der Waals surface area contributed by atoms with Crippen molar-refractivity contribution in [2.45, 2.75) is 6.54 Å². The van der Waals surface area contributed by atoms with Gasteiger partial charge in [-0.3, -0.25) is 9.67 Å². The summed E-state index contributed by atoms with van der Waals surface area (Å²) in [4.78, 5) is 13.0. The molecule has 4 rings (SSSR count). The highest BCUT2D eigenvalue weighted by Gasteiger charge is 2.06.